The first kappa shape index (κ1) is 10.7. The molecule has 2 unspecified atom stereocenters. The van der Waals surface area contributed by atoms with Gasteiger partial charge in [-0.05, 0) is 29.7 Å². The van der Waals surface area contributed by atoms with E-state index in [9.17, 15) is 0 Å². The fraction of sp³-hybridized carbons (Fsp3) is 0.600. The molecule has 1 fully saturated rings. The SMILES string of the molecule is CCC1C(CC)C1(C)c1cccc(C)c1. The summed E-state index contributed by atoms with van der Waals surface area (Å²) in [5.74, 6) is 1.81. The summed E-state index contributed by atoms with van der Waals surface area (Å²) >= 11 is 0. The van der Waals surface area contributed by atoms with Crippen LogP contribution in [0.2, 0.25) is 0 Å². The van der Waals surface area contributed by atoms with Gasteiger partial charge in [0.15, 0.2) is 0 Å². The first-order chi connectivity index (χ1) is 7.14. The van der Waals surface area contributed by atoms with Crippen molar-refractivity contribution in [2.24, 2.45) is 11.8 Å². The van der Waals surface area contributed by atoms with E-state index < -0.39 is 0 Å². The van der Waals surface area contributed by atoms with Crippen LogP contribution in [-0.4, -0.2) is 0 Å². The van der Waals surface area contributed by atoms with Gasteiger partial charge in [-0.25, -0.2) is 0 Å². The molecule has 1 aromatic rings. The van der Waals surface area contributed by atoms with E-state index in [-0.39, 0.29) is 0 Å². The molecule has 0 heterocycles. The molecule has 2 atom stereocenters. The van der Waals surface area contributed by atoms with Crippen molar-refractivity contribution in [3.63, 3.8) is 0 Å². The van der Waals surface area contributed by atoms with Crippen LogP contribution in [0.3, 0.4) is 0 Å². The first-order valence-corrected chi connectivity index (χ1v) is 6.21. The van der Waals surface area contributed by atoms with Gasteiger partial charge in [0, 0.05) is 0 Å². The summed E-state index contributed by atoms with van der Waals surface area (Å²) in [5.41, 5.74) is 3.42. The van der Waals surface area contributed by atoms with E-state index in [0.29, 0.717) is 5.41 Å². The number of rotatable bonds is 3. The maximum Gasteiger partial charge on any atom is -0.00130 e. The number of aryl methyl sites for hydroxylation is 1. The topological polar surface area (TPSA) is 0 Å². The van der Waals surface area contributed by atoms with E-state index in [1.54, 1.807) is 5.56 Å². The Morgan fingerprint density at radius 3 is 2.20 bits per heavy atom. The van der Waals surface area contributed by atoms with Crippen LogP contribution in [0.25, 0.3) is 0 Å². The molecule has 0 nitrogen and oxygen atoms in total. The van der Waals surface area contributed by atoms with Crippen molar-refractivity contribution >= 4 is 0 Å². The van der Waals surface area contributed by atoms with Gasteiger partial charge in [0.2, 0.25) is 0 Å². The van der Waals surface area contributed by atoms with Crippen molar-refractivity contribution in [3.8, 4) is 0 Å². The molecule has 1 saturated carbocycles. The fourth-order valence-corrected chi connectivity index (χ4v) is 3.52. The molecule has 1 aromatic carbocycles. The van der Waals surface area contributed by atoms with Gasteiger partial charge in [-0.1, -0.05) is 63.4 Å². The van der Waals surface area contributed by atoms with Crippen molar-refractivity contribution in [1.82, 2.24) is 0 Å². The molecule has 2 rings (SSSR count). The third kappa shape index (κ3) is 1.51. The monoisotopic (exact) mass is 202 g/mol. The molecule has 0 amide bonds. The van der Waals surface area contributed by atoms with Crippen LogP contribution >= 0.6 is 0 Å². The standard InChI is InChI=1S/C15H22/c1-5-13-14(6-2)15(13,4)12-9-7-8-11(3)10-12/h7-10,13-14H,5-6H2,1-4H3. The molecule has 0 bridgehead atoms. The maximum absolute atomic E-state index is 2.45. The van der Waals surface area contributed by atoms with E-state index in [0.717, 1.165) is 11.8 Å². The minimum Gasteiger partial charge on any atom is -0.0651 e. The number of benzene rings is 1. The largest absolute Gasteiger partial charge is 0.0651 e. The molecule has 0 saturated heterocycles. The summed E-state index contributed by atoms with van der Waals surface area (Å²) in [5, 5.41) is 0. The lowest BCUT2D eigenvalue weighted by Crippen LogP contribution is -2.06. The average molecular weight is 202 g/mol. The Kier molecular flexibility index (Phi) is 2.62. The highest BCUT2D eigenvalue weighted by atomic mass is 14.6. The maximum atomic E-state index is 2.45. The second kappa shape index (κ2) is 3.66. The van der Waals surface area contributed by atoms with Crippen molar-refractivity contribution in [2.45, 2.75) is 46.0 Å². The Balaban J connectivity index is 2.31. The van der Waals surface area contributed by atoms with Crippen LogP contribution in [0.15, 0.2) is 24.3 Å². The Bertz CT molecular complexity index is 341. The molecule has 1 aliphatic rings. The summed E-state index contributed by atoms with van der Waals surface area (Å²) in [4.78, 5) is 0. The van der Waals surface area contributed by atoms with Gasteiger partial charge in [0.05, 0.1) is 0 Å². The molecule has 0 N–H and O–H groups in total. The van der Waals surface area contributed by atoms with Crippen molar-refractivity contribution in [2.75, 3.05) is 0 Å². The molecule has 0 aliphatic heterocycles. The molecule has 82 valence electrons. The number of hydrogen-bond acceptors (Lipinski definition) is 0. The molecule has 1 aliphatic carbocycles. The average Bonchev–Trinajstić information content (AvgIpc) is 2.84. The quantitative estimate of drug-likeness (QED) is 0.685. The van der Waals surface area contributed by atoms with Gasteiger partial charge >= 0.3 is 0 Å². The minimum absolute atomic E-state index is 0.468. The molecule has 15 heavy (non-hydrogen) atoms. The summed E-state index contributed by atoms with van der Waals surface area (Å²) in [6.07, 6.45) is 2.64. The Morgan fingerprint density at radius 2 is 1.73 bits per heavy atom. The van der Waals surface area contributed by atoms with Gasteiger partial charge in [-0.3, -0.25) is 0 Å². The lowest BCUT2D eigenvalue weighted by Gasteiger charge is -2.13. The highest BCUT2D eigenvalue weighted by molar-refractivity contribution is 5.37. The second-order valence-electron chi connectivity index (χ2n) is 5.18. The zero-order valence-corrected chi connectivity index (χ0v) is 10.4. The van der Waals surface area contributed by atoms with Gasteiger partial charge in [0.25, 0.3) is 0 Å². The van der Waals surface area contributed by atoms with Crippen LogP contribution in [0, 0.1) is 18.8 Å². The number of hydrogen-bond donors (Lipinski definition) is 0. The normalized spacial score (nSPS) is 34.1. The predicted octanol–water partition coefficient (Wildman–Crippen LogP) is 4.32. The van der Waals surface area contributed by atoms with E-state index in [1.807, 2.05) is 0 Å². The van der Waals surface area contributed by atoms with Crippen LogP contribution in [0.1, 0.15) is 44.7 Å². The van der Waals surface area contributed by atoms with Gasteiger partial charge in [0.1, 0.15) is 0 Å². The Morgan fingerprint density at radius 1 is 1.13 bits per heavy atom. The van der Waals surface area contributed by atoms with E-state index in [2.05, 4.69) is 52.0 Å². The van der Waals surface area contributed by atoms with E-state index >= 15 is 0 Å². The van der Waals surface area contributed by atoms with Crippen molar-refractivity contribution in [1.29, 1.82) is 0 Å². The van der Waals surface area contributed by atoms with E-state index in [4.69, 9.17) is 0 Å². The van der Waals surface area contributed by atoms with Crippen LogP contribution < -0.4 is 0 Å². The molecular formula is C15H22. The molecule has 0 radical (unpaired) electrons. The zero-order chi connectivity index (χ0) is 11.1. The Labute approximate surface area is 93.7 Å². The van der Waals surface area contributed by atoms with Gasteiger partial charge < -0.3 is 0 Å². The van der Waals surface area contributed by atoms with Gasteiger partial charge in [-0.2, -0.15) is 0 Å². The predicted molar refractivity (Wildman–Crippen MR) is 66.1 cm³/mol. The van der Waals surface area contributed by atoms with E-state index in [1.165, 1.54) is 18.4 Å². The summed E-state index contributed by atoms with van der Waals surface area (Å²) < 4.78 is 0. The molecule has 0 heteroatoms. The Hall–Kier alpha value is -0.780. The molecular weight excluding hydrogens is 180 g/mol. The highest BCUT2D eigenvalue weighted by Crippen LogP contribution is 2.62. The minimum atomic E-state index is 0.468. The molecule has 0 spiro atoms. The highest BCUT2D eigenvalue weighted by Gasteiger charge is 2.59. The lowest BCUT2D eigenvalue weighted by atomic mass is 9.92. The lowest BCUT2D eigenvalue weighted by molar-refractivity contribution is 0.635. The van der Waals surface area contributed by atoms with Crippen molar-refractivity contribution in [3.05, 3.63) is 35.4 Å². The third-order valence-electron chi connectivity index (χ3n) is 4.44. The van der Waals surface area contributed by atoms with Crippen molar-refractivity contribution < 1.29 is 0 Å². The zero-order valence-electron chi connectivity index (χ0n) is 10.4. The smallest absolute Gasteiger partial charge is 0.00130 e. The summed E-state index contributed by atoms with van der Waals surface area (Å²) in [6, 6.07) is 9.08. The van der Waals surface area contributed by atoms with Crippen LogP contribution in [0.4, 0.5) is 0 Å². The second-order valence-corrected chi connectivity index (χ2v) is 5.18. The van der Waals surface area contributed by atoms with Crippen LogP contribution in [0.5, 0.6) is 0 Å². The summed E-state index contributed by atoms with van der Waals surface area (Å²) in [6.45, 7) is 9.30. The fourth-order valence-electron chi connectivity index (χ4n) is 3.52. The summed E-state index contributed by atoms with van der Waals surface area (Å²) in [7, 11) is 0. The third-order valence-corrected chi connectivity index (χ3v) is 4.44. The first-order valence-electron chi connectivity index (χ1n) is 6.21. The van der Waals surface area contributed by atoms with Crippen LogP contribution in [-0.2, 0) is 5.41 Å². The van der Waals surface area contributed by atoms with Gasteiger partial charge in [-0.15, -0.1) is 0 Å². The molecule has 0 aromatic heterocycles.